The Bertz CT molecular complexity index is 454. The SMILES string of the molecule is C.C=C(C)C(=O)OCCC[Si](C)(C)O[Si](C)(C)CCCOC(=O)C(=C)C. The van der Waals surface area contributed by atoms with Gasteiger partial charge < -0.3 is 13.6 Å². The van der Waals surface area contributed by atoms with E-state index >= 15 is 0 Å². The van der Waals surface area contributed by atoms with Crippen LogP contribution in [0.2, 0.25) is 38.3 Å². The molecular formula is C19H38O5Si2. The second-order valence-corrected chi connectivity index (χ2v) is 16.5. The highest BCUT2D eigenvalue weighted by Gasteiger charge is 2.32. The molecule has 7 heteroatoms. The van der Waals surface area contributed by atoms with Crippen LogP contribution in [0, 0.1) is 0 Å². The first-order valence-corrected chi connectivity index (χ1v) is 14.9. The average molecular weight is 403 g/mol. The zero-order valence-corrected chi connectivity index (χ0v) is 18.7. The van der Waals surface area contributed by atoms with E-state index in [1.807, 2.05) is 0 Å². The van der Waals surface area contributed by atoms with Crippen molar-refractivity contribution in [3.05, 3.63) is 24.3 Å². The Morgan fingerprint density at radius 1 is 0.769 bits per heavy atom. The van der Waals surface area contributed by atoms with Crippen LogP contribution in [0.5, 0.6) is 0 Å². The van der Waals surface area contributed by atoms with Gasteiger partial charge in [0.2, 0.25) is 0 Å². The lowest BCUT2D eigenvalue weighted by Gasteiger charge is -2.34. The van der Waals surface area contributed by atoms with Gasteiger partial charge in [-0.05, 0) is 65.0 Å². The van der Waals surface area contributed by atoms with Crippen LogP contribution in [0.3, 0.4) is 0 Å². The van der Waals surface area contributed by atoms with E-state index in [-0.39, 0.29) is 19.4 Å². The summed E-state index contributed by atoms with van der Waals surface area (Å²) in [7, 11) is -3.62. The van der Waals surface area contributed by atoms with E-state index in [0.29, 0.717) is 24.4 Å². The van der Waals surface area contributed by atoms with Gasteiger partial charge in [-0.2, -0.15) is 0 Å². The van der Waals surface area contributed by atoms with Crippen LogP contribution in [-0.2, 0) is 23.2 Å². The molecule has 0 bridgehead atoms. The molecule has 0 saturated heterocycles. The third-order valence-corrected chi connectivity index (χ3v) is 11.1. The van der Waals surface area contributed by atoms with Gasteiger partial charge in [-0.1, -0.05) is 20.6 Å². The maximum Gasteiger partial charge on any atom is 0.333 e. The summed E-state index contributed by atoms with van der Waals surface area (Å²) in [6.45, 7) is 20.0. The molecule has 0 aliphatic carbocycles. The fraction of sp³-hybridized carbons (Fsp3) is 0.684. The molecule has 0 aliphatic heterocycles. The smallest absolute Gasteiger partial charge is 0.333 e. The number of hydrogen-bond donors (Lipinski definition) is 0. The van der Waals surface area contributed by atoms with Crippen LogP contribution in [0.25, 0.3) is 0 Å². The molecule has 0 saturated carbocycles. The summed E-state index contributed by atoms with van der Waals surface area (Å²) in [6, 6.07) is 1.88. The van der Waals surface area contributed by atoms with Crippen LogP contribution in [0.15, 0.2) is 24.3 Å². The number of rotatable bonds is 12. The highest BCUT2D eigenvalue weighted by Crippen LogP contribution is 2.23. The molecule has 152 valence electrons. The van der Waals surface area contributed by atoms with Crippen molar-refractivity contribution in [2.24, 2.45) is 0 Å². The molecule has 0 amide bonds. The molecule has 0 N–H and O–H groups in total. The predicted molar refractivity (Wildman–Crippen MR) is 113 cm³/mol. The van der Waals surface area contributed by atoms with E-state index in [4.69, 9.17) is 13.6 Å². The van der Waals surface area contributed by atoms with Gasteiger partial charge in [-0.3, -0.25) is 0 Å². The summed E-state index contributed by atoms with van der Waals surface area (Å²) < 4.78 is 16.8. The second kappa shape index (κ2) is 12.2. The van der Waals surface area contributed by atoms with Crippen LogP contribution in [0.1, 0.15) is 34.1 Å². The molecule has 0 rings (SSSR count). The summed E-state index contributed by atoms with van der Waals surface area (Å²) in [5.41, 5.74) is 0.849. The molecule has 0 aromatic rings. The molecule has 0 aromatic heterocycles. The first-order valence-electron chi connectivity index (χ1n) is 8.72. The molecule has 0 radical (unpaired) electrons. The Hall–Kier alpha value is -1.19. The molecular weight excluding hydrogens is 364 g/mol. The van der Waals surface area contributed by atoms with Crippen molar-refractivity contribution in [1.29, 1.82) is 0 Å². The van der Waals surface area contributed by atoms with Gasteiger partial charge in [0.1, 0.15) is 0 Å². The number of hydrogen-bond acceptors (Lipinski definition) is 5. The Balaban J connectivity index is 0. The largest absolute Gasteiger partial charge is 0.462 e. The second-order valence-electron chi connectivity index (χ2n) is 7.66. The molecule has 0 aromatic carbocycles. The Morgan fingerprint density at radius 2 is 1.08 bits per heavy atom. The first kappa shape index (κ1) is 27.0. The zero-order valence-electron chi connectivity index (χ0n) is 16.7. The van der Waals surface area contributed by atoms with Crippen molar-refractivity contribution in [2.75, 3.05) is 13.2 Å². The first-order chi connectivity index (χ1) is 11.4. The normalized spacial score (nSPS) is 11.3. The van der Waals surface area contributed by atoms with Gasteiger partial charge in [0, 0.05) is 11.1 Å². The lowest BCUT2D eigenvalue weighted by molar-refractivity contribution is -0.139. The summed E-state index contributed by atoms with van der Waals surface area (Å²) >= 11 is 0. The number of ether oxygens (including phenoxy) is 2. The van der Waals surface area contributed by atoms with Gasteiger partial charge in [0.05, 0.1) is 13.2 Å². The summed E-state index contributed by atoms with van der Waals surface area (Å²) in [5, 5.41) is 0. The van der Waals surface area contributed by atoms with E-state index in [0.717, 1.165) is 24.9 Å². The van der Waals surface area contributed by atoms with E-state index in [9.17, 15) is 9.59 Å². The van der Waals surface area contributed by atoms with Gasteiger partial charge >= 0.3 is 11.9 Å². The van der Waals surface area contributed by atoms with Crippen molar-refractivity contribution in [3.8, 4) is 0 Å². The minimum absolute atomic E-state index is 0. The summed E-state index contributed by atoms with van der Waals surface area (Å²) in [6.07, 6.45) is 1.61. The maximum absolute atomic E-state index is 11.4. The Morgan fingerprint density at radius 3 is 1.35 bits per heavy atom. The fourth-order valence-corrected chi connectivity index (χ4v) is 11.2. The van der Waals surface area contributed by atoms with Crippen molar-refractivity contribution in [2.45, 2.75) is 72.4 Å². The standard InChI is InChI=1S/C18H34O5Si2.CH4/c1-15(2)17(19)21-11-9-13-24(5,6)23-25(7,8)14-10-12-22-18(20)16(3)4;/h1,3,9-14H2,2,4-8H3;1H4. The molecule has 0 fully saturated rings. The Labute approximate surface area is 162 Å². The molecule has 26 heavy (non-hydrogen) atoms. The fourth-order valence-electron chi connectivity index (χ4n) is 2.42. The third kappa shape index (κ3) is 13.1. The topological polar surface area (TPSA) is 61.8 Å². The molecule has 0 heterocycles. The van der Waals surface area contributed by atoms with Gasteiger partial charge in [0.15, 0.2) is 16.6 Å². The molecule has 0 atom stereocenters. The van der Waals surface area contributed by atoms with E-state index < -0.39 is 16.6 Å². The minimum atomic E-state index is -1.81. The highest BCUT2D eigenvalue weighted by molar-refractivity contribution is 6.84. The molecule has 0 spiro atoms. The van der Waals surface area contributed by atoms with Crippen LogP contribution in [-0.4, -0.2) is 41.8 Å². The predicted octanol–water partition coefficient (Wildman–Crippen LogP) is 5.07. The lowest BCUT2D eigenvalue weighted by Crippen LogP contribution is -2.44. The van der Waals surface area contributed by atoms with Crippen molar-refractivity contribution < 1.29 is 23.2 Å². The van der Waals surface area contributed by atoms with E-state index in [1.54, 1.807) is 13.8 Å². The number of carbonyl (C=O) groups is 2. The van der Waals surface area contributed by atoms with E-state index in [1.165, 1.54) is 0 Å². The van der Waals surface area contributed by atoms with Gasteiger partial charge in [0.25, 0.3) is 0 Å². The van der Waals surface area contributed by atoms with Gasteiger partial charge in [-0.25, -0.2) is 9.59 Å². The Kier molecular flexibility index (Phi) is 12.7. The number of esters is 2. The average Bonchev–Trinajstić information content (AvgIpc) is 2.46. The molecule has 0 unspecified atom stereocenters. The summed E-state index contributed by atoms with van der Waals surface area (Å²) in [4.78, 5) is 22.7. The van der Waals surface area contributed by atoms with Crippen LogP contribution >= 0.6 is 0 Å². The van der Waals surface area contributed by atoms with Crippen molar-refractivity contribution >= 4 is 28.6 Å². The van der Waals surface area contributed by atoms with Crippen LogP contribution in [0.4, 0.5) is 0 Å². The van der Waals surface area contributed by atoms with Crippen LogP contribution < -0.4 is 0 Å². The number of carbonyl (C=O) groups excluding carboxylic acids is 2. The van der Waals surface area contributed by atoms with Crippen molar-refractivity contribution in [3.63, 3.8) is 0 Å². The molecule has 0 aliphatic rings. The minimum Gasteiger partial charge on any atom is -0.462 e. The van der Waals surface area contributed by atoms with E-state index in [2.05, 4.69) is 39.3 Å². The lowest BCUT2D eigenvalue weighted by atomic mass is 10.4. The zero-order chi connectivity index (χ0) is 19.7. The van der Waals surface area contributed by atoms with Gasteiger partial charge in [-0.15, -0.1) is 0 Å². The highest BCUT2D eigenvalue weighted by atomic mass is 28.4. The quantitative estimate of drug-likeness (QED) is 0.197. The molecule has 5 nitrogen and oxygen atoms in total. The maximum atomic E-state index is 11.4. The monoisotopic (exact) mass is 402 g/mol. The third-order valence-electron chi connectivity index (χ3n) is 3.56. The van der Waals surface area contributed by atoms with Crippen molar-refractivity contribution in [1.82, 2.24) is 0 Å². The summed E-state index contributed by atoms with van der Waals surface area (Å²) in [5.74, 6) is -0.668.